The molecule has 0 bridgehead atoms. The molecule has 0 radical (unpaired) electrons. The Bertz CT molecular complexity index is 330. The van der Waals surface area contributed by atoms with Gasteiger partial charge in [0.15, 0.2) is 0 Å². The molecular weight excluding hydrogens is 236 g/mol. The summed E-state index contributed by atoms with van der Waals surface area (Å²) in [5.74, 6) is 0.539. The van der Waals surface area contributed by atoms with Gasteiger partial charge in [0.1, 0.15) is 6.10 Å². The van der Waals surface area contributed by atoms with Crippen molar-refractivity contribution >= 4 is 12.6 Å². The van der Waals surface area contributed by atoms with Gasteiger partial charge < -0.3 is 15.3 Å². The van der Waals surface area contributed by atoms with Gasteiger partial charge in [-0.05, 0) is 36.1 Å². The second-order valence-corrected chi connectivity index (χ2v) is 4.50. The Morgan fingerprint density at radius 1 is 1.18 bits per heavy atom. The summed E-state index contributed by atoms with van der Waals surface area (Å²) in [6, 6.07) is 7.48. The summed E-state index contributed by atoms with van der Waals surface area (Å²) in [6.07, 6.45) is 0.155. The molecule has 3 N–H and O–H groups in total. The maximum Gasteiger partial charge on any atom is 0.105 e. The van der Waals surface area contributed by atoms with E-state index in [1.807, 2.05) is 24.3 Å². The second-order valence-electron chi connectivity index (χ2n) is 4.05. The lowest BCUT2D eigenvalue weighted by molar-refractivity contribution is 0.0167. The van der Waals surface area contributed by atoms with Crippen LogP contribution in [0.3, 0.4) is 0 Å². The summed E-state index contributed by atoms with van der Waals surface area (Å²) < 4.78 is 0. The highest BCUT2D eigenvalue weighted by Crippen LogP contribution is 2.23. The first-order valence-corrected chi connectivity index (χ1v) is 6.49. The Balaban J connectivity index is 2.80. The van der Waals surface area contributed by atoms with E-state index in [-0.39, 0.29) is 6.61 Å². The van der Waals surface area contributed by atoms with Crippen LogP contribution in [0.25, 0.3) is 0 Å². The van der Waals surface area contributed by atoms with Crippen LogP contribution in [0.15, 0.2) is 24.3 Å². The molecule has 1 aromatic carbocycles. The predicted octanol–water partition coefficient (Wildman–Crippen LogP) is 1.33. The van der Waals surface area contributed by atoms with Gasteiger partial charge in [-0.3, -0.25) is 0 Å². The van der Waals surface area contributed by atoms with Crippen molar-refractivity contribution in [3.05, 3.63) is 35.4 Å². The average Bonchev–Trinajstić information content (AvgIpc) is 2.36. The molecule has 0 aliphatic heterocycles. The number of aliphatic hydroxyl groups excluding tert-OH is 3. The summed E-state index contributed by atoms with van der Waals surface area (Å²) >= 11 is 4.05. The van der Waals surface area contributed by atoms with Gasteiger partial charge in [-0.2, -0.15) is 12.6 Å². The van der Waals surface area contributed by atoms with Crippen LogP contribution in [0.1, 0.15) is 30.1 Å². The first kappa shape index (κ1) is 14.5. The molecule has 1 aromatic rings. The molecule has 0 saturated heterocycles. The van der Waals surface area contributed by atoms with Crippen molar-refractivity contribution in [1.82, 2.24) is 0 Å². The van der Waals surface area contributed by atoms with Gasteiger partial charge in [0.05, 0.1) is 6.10 Å². The smallest absolute Gasteiger partial charge is 0.105 e. The highest BCUT2D eigenvalue weighted by Gasteiger charge is 2.19. The van der Waals surface area contributed by atoms with Crippen LogP contribution in [0, 0.1) is 0 Å². The zero-order valence-electron chi connectivity index (χ0n) is 9.79. The largest absolute Gasteiger partial charge is 0.396 e. The summed E-state index contributed by atoms with van der Waals surface area (Å²) in [7, 11) is 0. The van der Waals surface area contributed by atoms with Crippen molar-refractivity contribution in [2.24, 2.45) is 0 Å². The van der Waals surface area contributed by atoms with Crippen LogP contribution < -0.4 is 0 Å². The lowest BCUT2D eigenvalue weighted by Crippen LogP contribution is -2.20. The molecule has 0 saturated carbocycles. The van der Waals surface area contributed by atoms with Crippen molar-refractivity contribution in [2.75, 3.05) is 12.4 Å². The normalized spacial score (nSPS) is 14.6. The van der Waals surface area contributed by atoms with E-state index < -0.39 is 12.2 Å². The molecule has 3 nitrogen and oxygen atoms in total. The van der Waals surface area contributed by atoms with Gasteiger partial charge in [-0.1, -0.05) is 24.3 Å². The van der Waals surface area contributed by atoms with Crippen LogP contribution in [-0.4, -0.2) is 33.8 Å². The van der Waals surface area contributed by atoms with Crippen LogP contribution in [0.5, 0.6) is 0 Å². The number of thiol groups is 1. The molecule has 0 aliphatic carbocycles. The fraction of sp³-hybridized carbons (Fsp3) is 0.538. The first-order chi connectivity index (χ1) is 8.20. The molecule has 0 heterocycles. The SMILES string of the molecule is OCCCc1ccccc1C(O)C(O)CCS. The Kier molecular flexibility index (Phi) is 6.58. The molecule has 2 atom stereocenters. The van der Waals surface area contributed by atoms with Gasteiger partial charge in [0.25, 0.3) is 0 Å². The lowest BCUT2D eigenvalue weighted by Gasteiger charge is -2.20. The van der Waals surface area contributed by atoms with Gasteiger partial charge in [0.2, 0.25) is 0 Å². The molecule has 0 fully saturated rings. The van der Waals surface area contributed by atoms with Crippen LogP contribution in [0.4, 0.5) is 0 Å². The van der Waals surface area contributed by atoms with E-state index in [2.05, 4.69) is 12.6 Å². The van der Waals surface area contributed by atoms with E-state index in [1.54, 1.807) is 0 Å². The van der Waals surface area contributed by atoms with E-state index in [0.717, 1.165) is 11.1 Å². The van der Waals surface area contributed by atoms with Gasteiger partial charge in [-0.25, -0.2) is 0 Å². The minimum absolute atomic E-state index is 0.129. The molecule has 2 unspecified atom stereocenters. The number of aliphatic hydroxyl groups is 3. The molecule has 0 amide bonds. The molecule has 0 spiro atoms. The van der Waals surface area contributed by atoms with E-state index >= 15 is 0 Å². The van der Waals surface area contributed by atoms with Crippen molar-refractivity contribution in [3.63, 3.8) is 0 Å². The summed E-state index contributed by atoms with van der Waals surface area (Å²) in [5, 5.41) is 28.7. The topological polar surface area (TPSA) is 60.7 Å². The van der Waals surface area contributed by atoms with Crippen molar-refractivity contribution in [1.29, 1.82) is 0 Å². The quantitative estimate of drug-likeness (QED) is 0.557. The molecular formula is C13H20O3S. The second kappa shape index (κ2) is 7.71. The van der Waals surface area contributed by atoms with Crippen molar-refractivity contribution < 1.29 is 15.3 Å². The number of benzene rings is 1. The molecule has 96 valence electrons. The van der Waals surface area contributed by atoms with Gasteiger partial charge in [0, 0.05) is 6.61 Å². The van der Waals surface area contributed by atoms with Gasteiger partial charge >= 0.3 is 0 Å². The highest BCUT2D eigenvalue weighted by atomic mass is 32.1. The first-order valence-electron chi connectivity index (χ1n) is 5.86. The standard InChI is InChI=1S/C13H20O3S/c14-8-3-5-10-4-1-2-6-11(10)13(16)12(15)7-9-17/h1-2,4,6,12-17H,3,5,7-9H2. The third-order valence-corrected chi connectivity index (χ3v) is 3.03. The average molecular weight is 256 g/mol. The van der Waals surface area contributed by atoms with Crippen LogP contribution in [0.2, 0.25) is 0 Å². The van der Waals surface area contributed by atoms with E-state index in [1.165, 1.54) is 0 Å². The van der Waals surface area contributed by atoms with Crippen LogP contribution in [-0.2, 0) is 6.42 Å². The minimum atomic E-state index is -0.878. The van der Waals surface area contributed by atoms with Crippen molar-refractivity contribution in [2.45, 2.75) is 31.5 Å². The zero-order chi connectivity index (χ0) is 12.7. The number of rotatable bonds is 7. The highest BCUT2D eigenvalue weighted by molar-refractivity contribution is 7.80. The Morgan fingerprint density at radius 2 is 1.88 bits per heavy atom. The lowest BCUT2D eigenvalue weighted by atomic mass is 9.95. The van der Waals surface area contributed by atoms with Crippen LogP contribution >= 0.6 is 12.6 Å². The maximum absolute atomic E-state index is 10.1. The Labute approximate surface area is 108 Å². The maximum atomic E-state index is 10.1. The minimum Gasteiger partial charge on any atom is -0.396 e. The fourth-order valence-electron chi connectivity index (χ4n) is 1.82. The summed E-state index contributed by atoms with van der Waals surface area (Å²) in [5.41, 5.74) is 1.72. The van der Waals surface area contributed by atoms with Gasteiger partial charge in [-0.15, -0.1) is 0 Å². The fourth-order valence-corrected chi connectivity index (χ4v) is 2.08. The third kappa shape index (κ3) is 4.32. The van der Waals surface area contributed by atoms with E-state index in [0.29, 0.717) is 25.0 Å². The molecule has 0 aliphatic rings. The zero-order valence-corrected chi connectivity index (χ0v) is 10.7. The summed E-state index contributed by atoms with van der Waals surface area (Å²) in [4.78, 5) is 0. The monoisotopic (exact) mass is 256 g/mol. The van der Waals surface area contributed by atoms with E-state index in [9.17, 15) is 10.2 Å². The third-order valence-electron chi connectivity index (χ3n) is 2.77. The number of hydrogen-bond donors (Lipinski definition) is 4. The van der Waals surface area contributed by atoms with E-state index in [4.69, 9.17) is 5.11 Å². The molecule has 0 aromatic heterocycles. The molecule has 4 heteroatoms. The predicted molar refractivity (Wildman–Crippen MR) is 71.3 cm³/mol. The Morgan fingerprint density at radius 3 is 2.53 bits per heavy atom. The Hall–Kier alpha value is -0.550. The number of aryl methyl sites for hydroxylation is 1. The molecule has 1 rings (SSSR count). The van der Waals surface area contributed by atoms with Crippen molar-refractivity contribution in [3.8, 4) is 0 Å². The number of hydrogen-bond acceptors (Lipinski definition) is 4. The molecule has 17 heavy (non-hydrogen) atoms. The summed E-state index contributed by atoms with van der Waals surface area (Å²) in [6.45, 7) is 0.129.